The monoisotopic (exact) mass is 475 g/mol. The lowest BCUT2D eigenvalue weighted by Gasteiger charge is -2.27. The van der Waals surface area contributed by atoms with Crippen LogP contribution in [0.4, 0.5) is 11.4 Å². The number of para-hydroxylation sites is 2. The summed E-state index contributed by atoms with van der Waals surface area (Å²) in [5.74, 6) is 0.809. The van der Waals surface area contributed by atoms with Gasteiger partial charge in [0.1, 0.15) is 6.04 Å². The van der Waals surface area contributed by atoms with Crippen LogP contribution in [0.2, 0.25) is 0 Å². The smallest absolute Gasteiger partial charge is 0.303 e. The molecule has 37 heavy (non-hydrogen) atoms. The van der Waals surface area contributed by atoms with Crippen LogP contribution in [0.5, 0.6) is 5.75 Å². The van der Waals surface area contributed by atoms with Crippen LogP contribution in [0.25, 0.3) is 32.4 Å². The van der Waals surface area contributed by atoms with Crippen molar-refractivity contribution in [3.8, 4) is 16.9 Å². The van der Waals surface area contributed by atoms with Crippen molar-refractivity contribution >= 4 is 33.9 Å². The van der Waals surface area contributed by atoms with Gasteiger partial charge in [-0.2, -0.15) is 0 Å². The van der Waals surface area contributed by atoms with Gasteiger partial charge in [0.15, 0.2) is 11.4 Å². The molecule has 4 nitrogen and oxygen atoms in total. The van der Waals surface area contributed by atoms with E-state index in [1.54, 1.807) is 0 Å². The Kier molecular flexibility index (Phi) is 4.87. The molecule has 174 valence electrons. The van der Waals surface area contributed by atoms with Crippen LogP contribution < -0.4 is 9.64 Å². The molecule has 5 aromatic carbocycles. The molecule has 2 aliphatic rings. The normalized spacial score (nSPS) is 15.8. The van der Waals surface area contributed by atoms with E-state index in [1.165, 1.54) is 0 Å². The van der Waals surface area contributed by atoms with E-state index in [-0.39, 0.29) is 6.04 Å². The maximum Gasteiger partial charge on any atom is 0.303 e. The summed E-state index contributed by atoms with van der Waals surface area (Å²) in [5.41, 5.74) is 7.14. The van der Waals surface area contributed by atoms with Crippen LogP contribution in [0.15, 0.2) is 126 Å². The second kappa shape index (κ2) is 8.51. The van der Waals surface area contributed by atoms with Crippen molar-refractivity contribution in [3.05, 3.63) is 144 Å². The molecular weight excluding hydrogens is 454 g/mol. The van der Waals surface area contributed by atoms with Gasteiger partial charge in [-0.25, -0.2) is 9.84 Å². The largest absolute Gasteiger partial charge is 0.423 e. The Hall–Kier alpha value is -5.14. The van der Waals surface area contributed by atoms with Crippen molar-refractivity contribution in [1.82, 2.24) is 0 Å². The average molecular weight is 476 g/mol. The second-order valence-corrected chi connectivity index (χ2v) is 9.09. The summed E-state index contributed by atoms with van der Waals surface area (Å²) >= 11 is 0. The summed E-state index contributed by atoms with van der Waals surface area (Å²) in [6.45, 7) is 7.53. The van der Waals surface area contributed by atoms with Crippen LogP contribution in [0.1, 0.15) is 17.2 Å². The van der Waals surface area contributed by atoms with Crippen molar-refractivity contribution in [2.75, 3.05) is 4.90 Å². The fourth-order valence-electron chi connectivity index (χ4n) is 5.17. The molecule has 0 N–H and O–H groups in total. The molecule has 0 radical (unpaired) electrons. The summed E-state index contributed by atoms with van der Waals surface area (Å²) < 4.78 is 6.19. The van der Waals surface area contributed by atoms with Gasteiger partial charge in [-0.15, -0.1) is 0 Å². The lowest BCUT2D eigenvalue weighted by Crippen LogP contribution is -2.31. The van der Waals surface area contributed by atoms with Crippen LogP contribution in [-0.2, 0) is 0 Å². The standard InChI is InChI=1S/C33H21N3O/c1-34-28-20-19-25(26-11-5-6-12-27(26)28)22-15-17-24(18-16-22)31-21-29(23-9-3-2-4-10-23)35-33-36(31)30-13-7-8-14-32(30)37-33/h2-21,29H. The van der Waals surface area contributed by atoms with Crippen LogP contribution in [0, 0.1) is 6.57 Å². The van der Waals surface area contributed by atoms with E-state index < -0.39 is 0 Å². The molecule has 2 heterocycles. The number of aliphatic imine (C=N–C) groups is 1. The molecule has 1 atom stereocenters. The maximum absolute atomic E-state index is 7.53. The van der Waals surface area contributed by atoms with E-state index in [9.17, 15) is 0 Å². The summed E-state index contributed by atoms with van der Waals surface area (Å²) in [7, 11) is 0. The first-order chi connectivity index (χ1) is 18.3. The molecule has 0 saturated heterocycles. The molecule has 0 aromatic heterocycles. The van der Waals surface area contributed by atoms with Crippen LogP contribution >= 0.6 is 0 Å². The predicted octanol–water partition coefficient (Wildman–Crippen LogP) is 8.41. The maximum atomic E-state index is 7.53. The number of nitrogens with zero attached hydrogens (tertiary/aromatic N) is 3. The van der Waals surface area contributed by atoms with Crippen LogP contribution in [-0.4, -0.2) is 6.02 Å². The quantitative estimate of drug-likeness (QED) is 0.245. The Balaban J connectivity index is 1.33. The fraction of sp³-hybridized carbons (Fsp3) is 0.0303. The second-order valence-electron chi connectivity index (χ2n) is 9.09. The summed E-state index contributed by atoms with van der Waals surface area (Å²) in [6, 6.07) is 39.5. The highest BCUT2D eigenvalue weighted by molar-refractivity contribution is 6.12. The fourth-order valence-corrected chi connectivity index (χ4v) is 5.17. The van der Waals surface area contributed by atoms with Gasteiger partial charge in [0.25, 0.3) is 0 Å². The average Bonchev–Trinajstić information content (AvgIpc) is 3.35. The zero-order valence-corrected chi connectivity index (χ0v) is 19.9. The molecule has 5 aromatic rings. The van der Waals surface area contributed by atoms with E-state index in [0.717, 1.165) is 50.2 Å². The number of benzene rings is 5. The van der Waals surface area contributed by atoms with E-state index >= 15 is 0 Å². The highest BCUT2D eigenvalue weighted by Gasteiger charge is 2.35. The molecule has 1 unspecified atom stereocenters. The number of hydrogen-bond donors (Lipinski definition) is 0. The van der Waals surface area contributed by atoms with Gasteiger partial charge in [0, 0.05) is 0 Å². The minimum absolute atomic E-state index is 0.137. The van der Waals surface area contributed by atoms with Crippen molar-refractivity contribution in [2.45, 2.75) is 6.04 Å². The molecule has 0 bridgehead atoms. The Morgan fingerprint density at radius 1 is 0.703 bits per heavy atom. The molecule has 0 saturated carbocycles. The Morgan fingerprint density at radius 3 is 2.22 bits per heavy atom. The third kappa shape index (κ3) is 3.49. The Labute approximate surface area is 215 Å². The summed E-state index contributed by atoms with van der Waals surface area (Å²) in [6.07, 6.45) is 2.21. The minimum atomic E-state index is -0.137. The number of fused-ring (bicyclic) bond motifs is 4. The number of rotatable bonds is 3. The zero-order valence-electron chi connectivity index (χ0n) is 19.9. The molecule has 7 rings (SSSR count). The van der Waals surface area contributed by atoms with Gasteiger partial charge in [-0.3, -0.25) is 4.90 Å². The summed E-state index contributed by atoms with van der Waals surface area (Å²) in [5, 5.41) is 2.06. The van der Waals surface area contributed by atoms with E-state index in [0.29, 0.717) is 11.7 Å². The topological polar surface area (TPSA) is 29.2 Å². The van der Waals surface area contributed by atoms with E-state index in [2.05, 4.69) is 64.4 Å². The molecule has 0 fully saturated rings. The van der Waals surface area contributed by atoms with E-state index in [4.69, 9.17) is 16.3 Å². The molecule has 0 spiro atoms. The molecular formula is C33H21N3O. The Bertz CT molecular complexity index is 1760. The van der Waals surface area contributed by atoms with Crippen molar-refractivity contribution in [2.24, 2.45) is 4.99 Å². The lowest BCUT2D eigenvalue weighted by molar-refractivity contribution is 0.556. The van der Waals surface area contributed by atoms with Gasteiger partial charge >= 0.3 is 6.02 Å². The highest BCUT2D eigenvalue weighted by atomic mass is 16.5. The predicted molar refractivity (Wildman–Crippen MR) is 150 cm³/mol. The third-order valence-electron chi connectivity index (χ3n) is 6.96. The van der Waals surface area contributed by atoms with Crippen molar-refractivity contribution in [1.29, 1.82) is 0 Å². The van der Waals surface area contributed by atoms with Gasteiger partial charge in [-0.05, 0) is 51.2 Å². The molecule has 0 aliphatic carbocycles. The van der Waals surface area contributed by atoms with Gasteiger partial charge < -0.3 is 4.74 Å². The SMILES string of the molecule is [C-]#[N+]c1ccc(-c2ccc(C3=CC(c4ccccc4)N=C4Oc5ccccc5N34)cc2)c2ccccc12. The molecule has 0 amide bonds. The molecule has 4 heteroatoms. The van der Waals surface area contributed by atoms with E-state index in [1.807, 2.05) is 66.7 Å². The number of hydrogen-bond acceptors (Lipinski definition) is 3. The van der Waals surface area contributed by atoms with Gasteiger partial charge in [0.05, 0.1) is 18.0 Å². The first kappa shape index (κ1) is 21.2. The third-order valence-corrected chi connectivity index (χ3v) is 6.96. The lowest BCUT2D eigenvalue weighted by atomic mass is 9.95. The van der Waals surface area contributed by atoms with Crippen molar-refractivity contribution < 1.29 is 4.74 Å². The first-order valence-electron chi connectivity index (χ1n) is 12.2. The van der Waals surface area contributed by atoms with Crippen molar-refractivity contribution in [3.63, 3.8) is 0 Å². The number of amidine groups is 1. The van der Waals surface area contributed by atoms with Gasteiger partial charge in [-0.1, -0.05) is 103 Å². The molecule has 2 aliphatic heterocycles. The van der Waals surface area contributed by atoms with Gasteiger partial charge in [0.2, 0.25) is 0 Å². The van der Waals surface area contributed by atoms with Crippen LogP contribution in [0.3, 0.4) is 0 Å². The number of anilines is 1. The zero-order chi connectivity index (χ0) is 24.8. The number of ether oxygens (including phenoxy) is 1. The Morgan fingerprint density at radius 2 is 1.41 bits per heavy atom. The highest BCUT2D eigenvalue weighted by Crippen LogP contribution is 2.44. The minimum Gasteiger partial charge on any atom is -0.423 e. The summed E-state index contributed by atoms with van der Waals surface area (Å²) in [4.78, 5) is 10.7. The first-order valence-corrected chi connectivity index (χ1v) is 12.2.